The number of nitrogens with one attached hydrogen (secondary N) is 2. The highest BCUT2D eigenvalue weighted by atomic mass is 19.1. The normalized spacial score (nSPS) is 16.2. The van der Waals surface area contributed by atoms with Crippen LogP contribution in [0.15, 0.2) is 217 Å². The number of piperidine rings is 4. The van der Waals surface area contributed by atoms with Crippen LogP contribution in [0, 0.1) is 52.1 Å². The molecule has 5 aliphatic heterocycles. The van der Waals surface area contributed by atoms with Gasteiger partial charge in [0, 0.05) is 185 Å². The fourth-order valence-corrected chi connectivity index (χ4v) is 20.1. The number of aryl methyl sites for hydroxylation is 5. The zero-order valence-electron chi connectivity index (χ0n) is 85.0. The summed E-state index contributed by atoms with van der Waals surface area (Å²) in [5, 5.41) is 7.16. The number of nitrogens with two attached hydrogens (primary N) is 1. The molecule has 22 rings (SSSR count). The Hall–Kier alpha value is -14.8. The monoisotopic (exact) mass is 1980 g/mol. The first-order valence-electron chi connectivity index (χ1n) is 49.8. The van der Waals surface area contributed by atoms with Gasteiger partial charge in [0.05, 0.1) is 86.8 Å². The molecule has 4 N–H and O–H groups in total. The van der Waals surface area contributed by atoms with Gasteiger partial charge < -0.3 is 73.9 Å². The molecule has 760 valence electrons. The number of oxazole rings is 1. The minimum Gasteiger partial charge on any atom is -0.494 e. The van der Waals surface area contributed by atoms with Gasteiger partial charge in [0.15, 0.2) is 57.7 Å². The van der Waals surface area contributed by atoms with Crippen LogP contribution in [-0.2, 0) is 0 Å². The second-order valence-electron chi connectivity index (χ2n) is 39.0. The molecule has 0 radical (unpaired) electrons. The van der Waals surface area contributed by atoms with Gasteiger partial charge in [-0.1, -0.05) is 12.1 Å². The molecule has 0 spiro atoms. The van der Waals surface area contributed by atoms with Crippen LogP contribution in [0.2, 0.25) is 0 Å². The Kier molecular flexibility index (Phi) is 30.5. The summed E-state index contributed by atoms with van der Waals surface area (Å²) in [5.41, 5.74) is 24.8. The molecule has 5 saturated heterocycles. The maximum Gasteiger partial charge on any atom is 0.258 e. The second kappa shape index (κ2) is 44.0. The lowest BCUT2D eigenvalue weighted by Gasteiger charge is -2.36. The summed E-state index contributed by atoms with van der Waals surface area (Å²) >= 11 is 0. The number of benzene rings is 5. The van der Waals surface area contributed by atoms with Crippen LogP contribution >= 0.6 is 0 Å². The van der Waals surface area contributed by atoms with Gasteiger partial charge in [-0.15, -0.1) is 0 Å². The van der Waals surface area contributed by atoms with Gasteiger partial charge in [0.1, 0.15) is 33.8 Å². The topological polar surface area (TPSA) is 314 Å². The molecular formula is C112H125F3N20O11. The Morgan fingerprint density at radius 1 is 0.390 bits per heavy atom. The Balaban J connectivity index is 0.000000120. The number of ether oxygens (including phenoxy) is 5. The summed E-state index contributed by atoms with van der Waals surface area (Å²) in [6.45, 7) is 22.4. The second-order valence-corrected chi connectivity index (χ2v) is 39.0. The van der Waals surface area contributed by atoms with E-state index in [1.54, 1.807) is 78.7 Å². The van der Waals surface area contributed by atoms with E-state index in [0.717, 1.165) is 191 Å². The molecule has 34 heteroatoms. The van der Waals surface area contributed by atoms with Crippen molar-refractivity contribution >= 4 is 62.1 Å². The van der Waals surface area contributed by atoms with E-state index >= 15 is 0 Å². The van der Waals surface area contributed by atoms with Crippen molar-refractivity contribution in [1.82, 2.24) is 72.3 Å². The van der Waals surface area contributed by atoms with Crippen molar-refractivity contribution in [1.29, 1.82) is 0 Å². The highest BCUT2D eigenvalue weighted by molar-refractivity contribution is 5.80. The Morgan fingerprint density at radius 2 is 0.781 bits per heavy atom. The number of hydrogen-bond acceptors (Lipinski definition) is 26. The number of likely N-dealkylation sites (tertiary alicyclic amines) is 1. The number of piperazine rings is 1. The largest absolute Gasteiger partial charge is 0.494 e. The standard InChI is InChI=1S/C25H30N4O3.C23H27FN4O2.C22H24FN3O2.C21H23FN4O2.C21H21N5O2/c1-16-12-20(28-10-8-19(9-11-28)26-18-5-6-18)15-29-24(30)14-21(27-25(16)29)17-4-7-22(31-2)23(13-17)32-3;1-15-11-18(27-9-7-17(8-10-27)26(2)3)14-28-22(29)13-20(25-23(15)28)16-5-6-21(30-4)19(24)12-16;1-14-10-17(15-6-8-25(2)9-7-15)13-26-21(27)12-19(24-22(14)26)16-4-5-20(28-3)18(23)11-16;1-13-8-16(25-7-6-23-14(2)11-25)12-26-20(27)10-18(24-21(13)26)15-4-5-19(28-3)17(22)9-15;1-13-23-17-4-2-14(10-19(17)28-13)18-11-21(27)26-12-16(3-5-20(26)24-18)25-8-6-15(22)7-9-25/h4,7,12-15,18-19,26H,5-6,8-11H2,1-3H3;5-6,11-14,17H,7-10H2,1-4H3;4-5,10-13,15H,6-9H2,1-3H3;4-5,8-10,12,14,23H,6-7,11H2,1-3H3;2-5,10-12,15H,6-9,22H2,1H3/t;;;14-;/m...0./s1. The van der Waals surface area contributed by atoms with Crippen molar-refractivity contribution in [2.24, 2.45) is 5.73 Å². The molecular weight excluding hydrogens is 1860 g/mol. The van der Waals surface area contributed by atoms with Gasteiger partial charge >= 0.3 is 0 Å². The average molecular weight is 1980 g/mol. The lowest BCUT2D eigenvalue weighted by atomic mass is 9.90. The van der Waals surface area contributed by atoms with E-state index < -0.39 is 17.5 Å². The maximum atomic E-state index is 14.1. The van der Waals surface area contributed by atoms with Crippen LogP contribution in [0.1, 0.15) is 111 Å². The number of methoxy groups -OCH3 is 5. The number of nitrogens with zero attached hydrogens (tertiary/aromatic N) is 17. The molecule has 6 fully saturated rings. The van der Waals surface area contributed by atoms with E-state index in [0.29, 0.717) is 120 Å². The third-order valence-corrected chi connectivity index (χ3v) is 28.5. The molecule has 1 atom stereocenters. The van der Waals surface area contributed by atoms with Crippen molar-refractivity contribution in [2.75, 3.05) is 148 Å². The smallest absolute Gasteiger partial charge is 0.258 e. The predicted molar refractivity (Wildman–Crippen MR) is 567 cm³/mol. The quantitative estimate of drug-likeness (QED) is 0.0718. The van der Waals surface area contributed by atoms with Gasteiger partial charge in [-0.05, 0) is 282 Å². The van der Waals surface area contributed by atoms with E-state index in [1.165, 1.54) is 82.2 Å². The van der Waals surface area contributed by atoms with Gasteiger partial charge in [-0.25, -0.2) is 43.1 Å². The number of anilines is 4. The number of aromatic nitrogens is 11. The van der Waals surface area contributed by atoms with Crippen LogP contribution in [-0.4, -0.2) is 221 Å². The van der Waals surface area contributed by atoms with Crippen molar-refractivity contribution in [2.45, 2.75) is 142 Å². The van der Waals surface area contributed by atoms with Crippen LogP contribution < -0.4 is 87.4 Å². The predicted octanol–water partition coefficient (Wildman–Crippen LogP) is 15.7. The lowest BCUT2D eigenvalue weighted by molar-refractivity contribution is 0.249. The number of fused-ring (bicyclic) bond motifs is 6. The molecule has 5 aromatic carbocycles. The SMILES string of the molecule is COc1ccc(-c2cc(=O)n3cc(C4CCN(C)CC4)cc(C)c3n2)cc1F.COc1ccc(-c2cc(=O)n3cc(N4CCC(N(C)C)CC4)cc(C)c3n2)cc1F.COc1ccc(-c2cc(=O)n3cc(N4CCC(NC5CC5)CC4)cc(C)c3n2)cc1OC.COc1ccc(-c2cc(=O)n3cc(N4CCN[C@@H](C)C4)cc(C)c3n2)cc1F.Cc1nc2ccc(-c3cc(=O)n4cc(N5CCC(N)CC5)ccc4n3)cc2o1. The molecule has 6 aliphatic rings. The van der Waals surface area contributed by atoms with Crippen molar-refractivity contribution in [3.05, 3.63) is 292 Å². The first-order chi connectivity index (χ1) is 70.4. The zero-order valence-corrected chi connectivity index (χ0v) is 85.0. The van der Waals surface area contributed by atoms with Crippen LogP contribution in [0.25, 0.3) is 95.6 Å². The molecule has 11 aromatic heterocycles. The molecule has 16 aromatic rings. The molecule has 16 heterocycles. The average Bonchev–Trinajstić information content (AvgIpc) is 0.927. The fourth-order valence-electron chi connectivity index (χ4n) is 20.1. The van der Waals surface area contributed by atoms with Gasteiger partial charge in [-0.3, -0.25) is 46.0 Å². The maximum absolute atomic E-state index is 14.1. The van der Waals surface area contributed by atoms with Crippen molar-refractivity contribution in [3.63, 3.8) is 0 Å². The van der Waals surface area contributed by atoms with Crippen molar-refractivity contribution < 1.29 is 41.3 Å². The molecule has 31 nitrogen and oxygen atoms in total. The molecule has 146 heavy (non-hydrogen) atoms. The van der Waals surface area contributed by atoms with Crippen LogP contribution in [0.3, 0.4) is 0 Å². The molecule has 1 aliphatic carbocycles. The number of rotatable bonds is 18. The van der Waals surface area contributed by atoms with Gasteiger partial charge in [0.25, 0.3) is 27.8 Å². The van der Waals surface area contributed by atoms with E-state index in [4.69, 9.17) is 38.8 Å². The molecule has 0 bridgehead atoms. The molecule has 0 unspecified atom stereocenters. The molecule has 1 saturated carbocycles. The van der Waals surface area contributed by atoms with E-state index in [9.17, 15) is 37.1 Å². The Bertz CT molecular complexity index is 7870. The van der Waals surface area contributed by atoms with E-state index in [-0.39, 0.29) is 51.1 Å². The third kappa shape index (κ3) is 22.6. The van der Waals surface area contributed by atoms with Gasteiger partial charge in [-0.2, -0.15) is 0 Å². The number of pyridine rings is 5. The zero-order chi connectivity index (χ0) is 103. The van der Waals surface area contributed by atoms with Crippen LogP contribution in [0.4, 0.5) is 35.9 Å². The van der Waals surface area contributed by atoms with Crippen molar-refractivity contribution in [3.8, 4) is 85.0 Å². The minimum atomic E-state index is -0.484. The molecule has 0 amide bonds. The highest BCUT2D eigenvalue weighted by Gasteiger charge is 2.31. The Labute approximate surface area is 843 Å². The first-order valence-corrected chi connectivity index (χ1v) is 49.8. The summed E-state index contributed by atoms with van der Waals surface area (Å²) in [5.74, 6) is 1.38. The first kappa shape index (κ1) is 101. The number of hydrogen-bond donors (Lipinski definition) is 3. The van der Waals surface area contributed by atoms with E-state index in [2.05, 4.69) is 117 Å². The fraction of sp³-hybridized carbons (Fsp3) is 0.366. The van der Waals surface area contributed by atoms with E-state index in [1.807, 2.05) is 114 Å². The van der Waals surface area contributed by atoms with Gasteiger partial charge in [0.2, 0.25) is 0 Å². The lowest BCUT2D eigenvalue weighted by Crippen LogP contribution is -2.49. The number of halogens is 3. The highest BCUT2D eigenvalue weighted by Crippen LogP contribution is 2.38. The summed E-state index contributed by atoms with van der Waals surface area (Å²) < 4.78 is 81.5. The van der Waals surface area contributed by atoms with Crippen LogP contribution in [0.5, 0.6) is 28.7 Å². The summed E-state index contributed by atoms with van der Waals surface area (Å²) in [7, 11) is 13.8. The minimum absolute atomic E-state index is 0.0879. The third-order valence-electron chi connectivity index (χ3n) is 28.5. The summed E-state index contributed by atoms with van der Waals surface area (Å²) in [6, 6.07) is 47.5. The Morgan fingerprint density at radius 3 is 1.23 bits per heavy atom. The summed E-state index contributed by atoms with van der Waals surface area (Å²) in [6.07, 6.45) is 20.7. The summed E-state index contributed by atoms with van der Waals surface area (Å²) in [4.78, 5) is 106.